The van der Waals surface area contributed by atoms with Crippen LogP contribution in [0.5, 0.6) is 0 Å². The second-order valence-electron chi connectivity index (χ2n) is 6.05. The number of carbonyl (C=O) groups excluding carboxylic acids is 1. The molecule has 0 aromatic heterocycles. The van der Waals surface area contributed by atoms with Crippen molar-refractivity contribution >= 4 is 15.8 Å². The summed E-state index contributed by atoms with van der Waals surface area (Å²) in [5.41, 5.74) is 0.380. The molecule has 0 spiro atoms. The molecule has 5 nitrogen and oxygen atoms in total. The minimum absolute atomic E-state index is 0.0638. The number of rotatable bonds is 11. The Balaban J connectivity index is 3.15. The van der Waals surface area contributed by atoms with Gasteiger partial charge in [0.15, 0.2) is 9.84 Å². The van der Waals surface area contributed by atoms with E-state index >= 15 is 0 Å². The lowest BCUT2D eigenvalue weighted by Crippen LogP contribution is -2.09. The third-order valence-electron chi connectivity index (χ3n) is 3.80. The first-order chi connectivity index (χ1) is 14.4. The minimum Gasteiger partial charge on any atom is -0.469 e. The summed E-state index contributed by atoms with van der Waals surface area (Å²) in [6, 6.07) is 6.35. The molecule has 160 valence electrons. The number of sulfone groups is 1. The van der Waals surface area contributed by atoms with Crippen molar-refractivity contribution in [3.63, 3.8) is 0 Å². The largest absolute Gasteiger partial charge is 0.469 e. The van der Waals surface area contributed by atoms with Crippen molar-refractivity contribution in [1.29, 1.82) is 0 Å². The number of hydrogen-bond acceptors (Lipinski definition) is 5. The molecule has 0 bridgehead atoms. The molecule has 0 saturated heterocycles. The standard InChI is InChI=1S/C24H28O5S/c1-5-8-15-21(12-6-2)29-22(13-7-3)16-11-18-30(26,27)23-17-10-9-14-20(23)19-24(25)28-4/h5-14,16-18H,2,15,19H2,1,3-4H3/b8-5?,13-7-,18-11+,21-12+,22-16+. The summed E-state index contributed by atoms with van der Waals surface area (Å²) in [6.07, 6.45) is 14.2. The Labute approximate surface area is 179 Å². The van der Waals surface area contributed by atoms with Crippen LogP contribution in [0.4, 0.5) is 0 Å². The van der Waals surface area contributed by atoms with Crippen LogP contribution >= 0.6 is 0 Å². The molecule has 0 aliphatic heterocycles. The summed E-state index contributed by atoms with van der Waals surface area (Å²) in [6.45, 7) is 7.43. The fourth-order valence-corrected chi connectivity index (χ4v) is 3.62. The van der Waals surface area contributed by atoms with Gasteiger partial charge in [0.25, 0.3) is 0 Å². The highest BCUT2D eigenvalue weighted by Crippen LogP contribution is 2.19. The van der Waals surface area contributed by atoms with Crippen molar-refractivity contribution in [2.75, 3.05) is 7.11 Å². The maximum atomic E-state index is 12.8. The average molecular weight is 429 g/mol. The van der Waals surface area contributed by atoms with Gasteiger partial charge < -0.3 is 9.47 Å². The lowest BCUT2D eigenvalue weighted by atomic mass is 10.1. The Morgan fingerprint density at radius 2 is 1.87 bits per heavy atom. The van der Waals surface area contributed by atoms with Crippen molar-refractivity contribution in [3.8, 4) is 0 Å². The Morgan fingerprint density at radius 1 is 1.13 bits per heavy atom. The second kappa shape index (κ2) is 13.2. The molecule has 30 heavy (non-hydrogen) atoms. The molecule has 1 aromatic carbocycles. The summed E-state index contributed by atoms with van der Waals surface area (Å²) < 4.78 is 36.0. The van der Waals surface area contributed by atoms with Crippen LogP contribution in [0.25, 0.3) is 0 Å². The molecule has 0 unspecified atom stereocenters. The average Bonchev–Trinajstić information content (AvgIpc) is 2.72. The Bertz CT molecular complexity index is 977. The van der Waals surface area contributed by atoms with Crippen LogP contribution in [0.3, 0.4) is 0 Å². The van der Waals surface area contributed by atoms with Gasteiger partial charge in [-0.15, -0.1) is 0 Å². The fourth-order valence-electron chi connectivity index (χ4n) is 2.41. The van der Waals surface area contributed by atoms with Crippen molar-refractivity contribution in [1.82, 2.24) is 0 Å². The Hall–Kier alpha value is -3.12. The van der Waals surface area contributed by atoms with Gasteiger partial charge in [-0.1, -0.05) is 49.1 Å². The van der Waals surface area contributed by atoms with Gasteiger partial charge in [0, 0.05) is 11.8 Å². The van der Waals surface area contributed by atoms with Crippen molar-refractivity contribution in [2.45, 2.75) is 31.6 Å². The fraction of sp³-hybridized carbons (Fsp3) is 0.208. The highest BCUT2D eigenvalue weighted by Gasteiger charge is 2.17. The summed E-state index contributed by atoms with van der Waals surface area (Å²) in [5, 5.41) is 1.08. The molecule has 0 atom stereocenters. The van der Waals surface area contributed by atoms with Gasteiger partial charge in [0.05, 0.1) is 18.4 Å². The van der Waals surface area contributed by atoms with Gasteiger partial charge >= 0.3 is 5.97 Å². The molecule has 0 fully saturated rings. The van der Waals surface area contributed by atoms with Gasteiger partial charge in [-0.3, -0.25) is 4.79 Å². The molecule has 1 aromatic rings. The normalized spacial score (nSPS) is 13.3. The van der Waals surface area contributed by atoms with E-state index in [1.807, 2.05) is 26.0 Å². The monoisotopic (exact) mass is 428 g/mol. The summed E-state index contributed by atoms with van der Waals surface area (Å²) in [5.74, 6) is 0.643. The smallest absolute Gasteiger partial charge is 0.310 e. The Kier molecular flexibility index (Phi) is 10.9. The minimum atomic E-state index is -3.76. The van der Waals surface area contributed by atoms with Crippen LogP contribution in [0, 0.1) is 0 Å². The zero-order valence-corrected chi connectivity index (χ0v) is 18.4. The van der Waals surface area contributed by atoms with Gasteiger partial charge in [-0.25, -0.2) is 8.42 Å². The molecule has 1 rings (SSSR count). The highest BCUT2D eigenvalue weighted by atomic mass is 32.2. The highest BCUT2D eigenvalue weighted by molar-refractivity contribution is 7.94. The van der Waals surface area contributed by atoms with Crippen molar-refractivity contribution in [2.24, 2.45) is 0 Å². The predicted molar refractivity (Wildman–Crippen MR) is 120 cm³/mol. The first-order valence-corrected chi connectivity index (χ1v) is 10.9. The first kappa shape index (κ1) is 24.9. The number of ether oxygens (including phenoxy) is 2. The van der Waals surface area contributed by atoms with E-state index in [1.54, 1.807) is 48.6 Å². The van der Waals surface area contributed by atoms with Gasteiger partial charge in [0.2, 0.25) is 0 Å². The SMILES string of the molecule is C=C/C=C(\CC=CC)OC(/C=C\C)=C/C=C/S(=O)(=O)c1ccccc1CC(=O)OC. The number of benzene rings is 1. The summed E-state index contributed by atoms with van der Waals surface area (Å²) >= 11 is 0. The van der Waals surface area contributed by atoms with Crippen LogP contribution in [0.1, 0.15) is 25.8 Å². The van der Waals surface area contributed by atoms with E-state index in [4.69, 9.17) is 4.74 Å². The maximum absolute atomic E-state index is 12.8. The molecule has 0 aliphatic rings. The Morgan fingerprint density at radius 3 is 2.50 bits per heavy atom. The molecule has 0 amide bonds. The van der Waals surface area contributed by atoms with E-state index in [9.17, 15) is 13.2 Å². The van der Waals surface area contributed by atoms with E-state index in [2.05, 4.69) is 11.3 Å². The first-order valence-electron chi connectivity index (χ1n) is 9.39. The molecule has 0 heterocycles. The lowest BCUT2D eigenvalue weighted by molar-refractivity contribution is -0.139. The molecular formula is C24H28O5S. The summed E-state index contributed by atoms with van der Waals surface area (Å²) in [7, 11) is -2.50. The molecule has 6 heteroatoms. The quantitative estimate of drug-likeness (QED) is 0.210. The number of methoxy groups -OCH3 is 1. The molecule has 0 aliphatic carbocycles. The van der Waals surface area contributed by atoms with Crippen LogP contribution in [-0.2, 0) is 30.5 Å². The van der Waals surface area contributed by atoms with Crippen molar-refractivity contribution in [3.05, 3.63) is 102 Å². The van der Waals surface area contributed by atoms with Crippen LogP contribution in [0.15, 0.2) is 101 Å². The topological polar surface area (TPSA) is 69.7 Å². The molecular weight excluding hydrogens is 400 g/mol. The zero-order valence-electron chi connectivity index (χ0n) is 17.6. The van der Waals surface area contributed by atoms with Crippen LogP contribution in [0.2, 0.25) is 0 Å². The number of carbonyl (C=O) groups is 1. The lowest BCUT2D eigenvalue weighted by Gasteiger charge is -2.09. The van der Waals surface area contributed by atoms with Crippen LogP contribution < -0.4 is 0 Å². The number of esters is 1. The molecule has 0 N–H and O–H groups in total. The maximum Gasteiger partial charge on any atom is 0.310 e. The zero-order chi connectivity index (χ0) is 22.4. The molecule has 0 radical (unpaired) electrons. The third kappa shape index (κ3) is 8.49. The molecule has 0 saturated carbocycles. The second-order valence-corrected chi connectivity index (χ2v) is 7.85. The van der Waals surface area contributed by atoms with E-state index in [0.29, 0.717) is 23.5 Å². The van der Waals surface area contributed by atoms with Gasteiger partial charge in [-0.05, 0) is 49.8 Å². The summed E-state index contributed by atoms with van der Waals surface area (Å²) in [4.78, 5) is 11.6. The van der Waals surface area contributed by atoms with E-state index in [1.165, 1.54) is 19.3 Å². The predicted octanol–water partition coefficient (Wildman–Crippen LogP) is 5.20. The van der Waals surface area contributed by atoms with E-state index in [-0.39, 0.29) is 11.3 Å². The number of allylic oxidation sites excluding steroid dienone is 8. The van der Waals surface area contributed by atoms with Gasteiger partial charge in [0.1, 0.15) is 11.5 Å². The third-order valence-corrected chi connectivity index (χ3v) is 5.32. The van der Waals surface area contributed by atoms with Crippen molar-refractivity contribution < 1.29 is 22.7 Å². The van der Waals surface area contributed by atoms with E-state index in [0.717, 1.165) is 5.41 Å². The van der Waals surface area contributed by atoms with E-state index < -0.39 is 15.8 Å². The number of hydrogen-bond donors (Lipinski definition) is 0. The van der Waals surface area contributed by atoms with Crippen LogP contribution in [-0.4, -0.2) is 21.5 Å². The van der Waals surface area contributed by atoms with Gasteiger partial charge in [-0.2, -0.15) is 0 Å².